The van der Waals surface area contributed by atoms with Crippen LogP contribution in [0.5, 0.6) is 11.5 Å². The fourth-order valence-corrected chi connectivity index (χ4v) is 3.25. The molecule has 2 unspecified atom stereocenters. The Labute approximate surface area is 128 Å². The molecule has 112 valence electrons. The van der Waals surface area contributed by atoms with Gasteiger partial charge in [-0.1, -0.05) is 24.7 Å². The summed E-state index contributed by atoms with van der Waals surface area (Å²) < 4.78 is 11.1. The molecule has 1 aliphatic heterocycles. The number of hydrogen-bond donors (Lipinski definition) is 2. The third kappa shape index (κ3) is 2.81. The average Bonchev–Trinajstić information content (AvgIpc) is 2.95. The van der Waals surface area contributed by atoms with Gasteiger partial charge in [-0.3, -0.25) is 4.79 Å². The van der Waals surface area contributed by atoms with Crippen LogP contribution in [0.4, 0.5) is 0 Å². The van der Waals surface area contributed by atoms with Gasteiger partial charge in [-0.2, -0.15) is 0 Å². The first-order valence-electron chi connectivity index (χ1n) is 7.15. The zero-order valence-corrected chi connectivity index (χ0v) is 12.4. The van der Waals surface area contributed by atoms with E-state index in [1.54, 1.807) is 18.2 Å². The van der Waals surface area contributed by atoms with E-state index in [1.165, 1.54) is 0 Å². The number of carbonyl (C=O) groups excluding carboxylic acids is 1. The van der Waals surface area contributed by atoms with Gasteiger partial charge in [-0.05, 0) is 25.0 Å². The monoisotopic (exact) mass is 306 g/mol. The van der Waals surface area contributed by atoms with E-state index in [9.17, 15) is 4.79 Å². The van der Waals surface area contributed by atoms with Crippen LogP contribution in [0, 0.1) is 5.92 Å². The second kappa shape index (κ2) is 5.89. The standard InChI is InChI=1S/C15H18N2O3S/c16-14(21)9-3-1-5-11(9)17-15(18)10-4-2-6-12-13(10)20-8-7-19-12/h2,4,6,9,11H,1,3,5,7-8H2,(H2,16,21)(H,17,18). The largest absolute Gasteiger partial charge is 0.486 e. The first kappa shape index (κ1) is 14.1. The summed E-state index contributed by atoms with van der Waals surface area (Å²) in [5, 5.41) is 3.03. The highest BCUT2D eigenvalue weighted by Crippen LogP contribution is 2.34. The average molecular weight is 306 g/mol. The molecule has 0 bridgehead atoms. The Kier molecular flexibility index (Phi) is 3.96. The summed E-state index contributed by atoms with van der Waals surface area (Å²) in [5.74, 6) is 1.06. The molecule has 1 aliphatic carbocycles. The van der Waals surface area contributed by atoms with Crippen molar-refractivity contribution < 1.29 is 14.3 Å². The fraction of sp³-hybridized carbons (Fsp3) is 0.467. The Morgan fingerprint density at radius 3 is 2.90 bits per heavy atom. The van der Waals surface area contributed by atoms with Gasteiger partial charge in [-0.15, -0.1) is 0 Å². The number of fused-ring (bicyclic) bond motifs is 1. The second-order valence-electron chi connectivity index (χ2n) is 5.35. The minimum atomic E-state index is -0.162. The number of thiocarbonyl (C=S) groups is 1. The fourth-order valence-electron chi connectivity index (χ4n) is 2.97. The molecule has 0 saturated heterocycles. The highest BCUT2D eigenvalue weighted by Gasteiger charge is 2.31. The van der Waals surface area contributed by atoms with E-state index in [-0.39, 0.29) is 17.9 Å². The number of para-hydroxylation sites is 1. The van der Waals surface area contributed by atoms with Gasteiger partial charge in [0, 0.05) is 12.0 Å². The van der Waals surface area contributed by atoms with Gasteiger partial charge < -0.3 is 20.5 Å². The number of nitrogens with one attached hydrogen (secondary N) is 1. The Bertz CT molecular complexity index is 576. The van der Waals surface area contributed by atoms with E-state index >= 15 is 0 Å². The second-order valence-corrected chi connectivity index (χ2v) is 5.82. The van der Waals surface area contributed by atoms with Crippen molar-refractivity contribution in [3.05, 3.63) is 23.8 Å². The van der Waals surface area contributed by atoms with E-state index in [1.807, 2.05) is 0 Å². The molecular formula is C15H18N2O3S. The lowest BCUT2D eigenvalue weighted by Gasteiger charge is -2.23. The molecule has 1 aromatic carbocycles. The third-order valence-corrected chi connectivity index (χ3v) is 4.31. The van der Waals surface area contributed by atoms with E-state index < -0.39 is 0 Å². The molecule has 0 spiro atoms. The summed E-state index contributed by atoms with van der Waals surface area (Å²) in [6.07, 6.45) is 2.87. The Morgan fingerprint density at radius 1 is 1.29 bits per heavy atom. The van der Waals surface area contributed by atoms with Gasteiger partial charge >= 0.3 is 0 Å². The number of rotatable bonds is 3. The molecule has 1 amide bonds. The van der Waals surface area contributed by atoms with E-state index in [0.29, 0.717) is 35.3 Å². The van der Waals surface area contributed by atoms with E-state index in [2.05, 4.69) is 5.32 Å². The van der Waals surface area contributed by atoms with Crippen molar-refractivity contribution in [2.24, 2.45) is 11.7 Å². The Morgan fingerprint density at radius 2 is 2.10 bits per heavy atom. The summed E-state index contributed by atoms with van der Waals surface area (Å²) in [5.41, 5.74) is 6.25. The summed E-state index contributed by atoms with van der Waals surface area (Å²) in [6, 6.07) is 5.35. The van der Waals surface area contributed by atoms with Crippen molar-refractivity contribution in [1.82, 2.24) is 5.32 Å². The van der Waals surface area contributed by atoms with Crippen LogP contribution >= 0.6 is 12.2 Å². The highest BCUT2D eigenvalue weighted by molar-refractivity contribution is 7.80. The number of carbonyl (C=O) groups is 1. The molecule has 1 saturated carbocycles. The Hall–Kier alpha value is -1.82. The number of hydrogen-bond acceptors (Lipinski definition) is 4. The summed E-state index contributed by atoms with van der Waals surface area (Å²) >= 11 is 5.08. The number of benzene rings is 1. The molecule has 0 radical (unpaired) electrons. The minimum absolute atomic E-state index is 0.00960. The van der Waals surface area contributed by atoms with Crippen LogP contribution in [0.25, 0.3) is 0 Å². The molecule has 6 heteroatoms. The van der Waals surface area contributed by atoms with Crippen molar-refractivity contribution in [2.45, 2.75) is 25.3 Å². The van der Waals surface area contributed by atoms with E-state index in [4.69, 9.17) is 27.4 Å². The van der Waals surface area contributed by atoms with Crippen molar-refractivity contribution in [2.75, 3.05) is 13.2 Å². The zero-order valence-electron chi connectivity index (χ0n) is 11.6. The molecule has 21 heavy (non-hydrogen) atoms. The predicted octanol–water partition coefficient (Wildman–Crippen LogP) is 1.64. The van der Waals surface area contributed by atoms with Gasteiger partial charge in [0.15, 0.2) is 11.5 Å². The molecule has 2 atom stereocenters. The van der Waals surface area contributed by atoms with Gasteiger partial charge in [0.1, 0.15) is 13.2 Å². The molecule has 3 N–H and O–H groups in total. The van der Waals surface area contributed by atoms with E-state index in [0.717, 1.165) is 19.3 Å². The topological polar surface area (TPSA) is 73.6 Å². The lowest BCUT2D eigenvalue weighted by molar-refractivity contribution is 0.0922. The maximum absolute atomic E-state index is 12.5. The SMILES string of the molecule is NC(=S)C1CCCC1NC(=O)c1cccc2c1OCCO2. The van der Waals surface area contributed by atoms with Crippen molar-refractivity contribution in [1.29, 1.82) is 0 Å². The minimum Gasteiger partial charge on any atom is -0.486 e. The first-order chi connectivity index (χ1) is 10.2. The van der Waals surface area contributed by atoms with Gasteiger partial charge in [-0.25, -0.2) is 0 Å². The number of nitrogens with two attached hydrogens (primary N) is 1. The molecule has 1 heterocycles. The molecule has 1 fully saturated rings. The lowest BCUT2D eigenvalue weighted by atomic mass is 10.0. The predicted molar refractivity (Wildman–Crippen MR) is 82.8 cm³/mol. The first-order valence-corrected chi connectivity index (χ1v) is 7.56. The maximum atomic E-state index is 12.5. The lowest BCUT2D eigenvalue weighted by Crippen LogP contribution is -2.41. The quantitative estimate of drug-likeness (QED) is 0.831. The van der Waals surface area contributed by atoms with Crippen LogP contribution in [-0.4, -0.2) is 30.2 Å². The van der Waals surface area contributed by atoms with Crippen molar-refractivity contribution in [3.8, 4) is 11.5 Å². The molecule has 3 rings (SSSR count). The maximum Gasteiger partial charge on any atom is 0.255 e. The van der Waals surface area contributed by atoms with Crippen LogP contribution in [0.3, 0.4) is 0 Å². The molecular weight excluding hydrogens is 288 g/mol. The summed E-state index contributed by atoms with van der Waals surface area (Å²) in [6.45, 7) is 0.959. The van der Waals surface area contributed by atoms with Crippen LogP contribution in [-0.2, 0) is 0 Å². The third-order valence-electron chi connectivity index (χ3n) is 4.01. The van der Waals surface area contributed by atoms with Crippen molar-refractivity contribution in [3.63, 3.8) is 0 Å². The highest BCUT2D eigenvalue weighted by atomic mass is 32.1. The van der Waals surface area contributed by atoms with Gasteiger partial charge in [0.05, 0.1) is 10.6 Å². The Balaban J connectivity index is 1.78. The summed E-state index contributed by atoms with van der Waals surface area (Å²) in [7, 11) is 0. The summed E-state index contributed by atoms with van der Waals surface area (Å²) in [4.78, 5) is 13.0. The van der Waals surface area contributed by atoms with Crippen LogP contribution in [0.1, 0.15) is 29.6 Å². The molecule has 2 aliphatic rings. The molecule has 5 nitrogen and oxygen atoms in total. The smallest absolute Gasteiger partial charge is 0.255 e. The van der Waals surface area contributed by atoms with Crippen LogP contribution < -0.4 is 20.5 Å². The van der Waals surface area contributed by atoms with Gasteiger partial charge in [0.25, 0.3) is 5.91 Å². The van der Waals surface area contributed by atoms with Crippen LogP contribution in [0.15, 0.2) is 18.2 Å². The van der Waals surface area contributed by atoms with Gasteiger partial charge in [0.2, 0.25) is 0 Å². The normalized spacial score (nSPS) is 23.6. The van der Waals surface area contributed by atoms with Crippen LogP contribution in [0.2, 0.25) is 0 Å². The van der Waals surface area contributed by atoms with Crippen molar-refractivity contribution >= 4 is 23.1 Å². The zero-order chi connectivity index (χ0) is 14.8. The molecule has 1 aromatic rings. The number of amides is 1. The molecule has 0 aromatic heterocycles. The number of ether oxygens (including phenoxy) is 2.